The Morgan fingerprint density at radius 3 is 2.56 bits per heavy atom. The van der Waals surface area contributed by atoms with E-state index >= 15 is 0 Å². The van der Waals surface area contributed by atoms with E-state index in [2.05, 4.69) is 0 Å². The lowest BCUT2D eigenvalue weighted by Crippen LogP contribution is -2.39. The van der Waals surface area contributed by atoms with Crippen LogP contribution in [0.5, 0.6) is 0 Å². The van der Waals surface area contributed by atoms with Gasteiger partial charge in [-0.1, -0.05) is 37.3 Å². The van der Waals surface area contributed by atoms with Crippen molar-refractivity contribution < 1.29 is 23.9 Å². The Kier molecular flexibility index (Phi) is 4.73. The van der Waals surface area contributed by atoms with Gasteiger partial charge >= 0.3 is 11.9 Å². The van der Waals surface area contributed by atoms with Crippen LogP contribution in [0.15, 0.2) is 22.8 Å². The maximum absolute atomic E-state index is 12.8. The van der Waals surface area contributed by atoms with Gasteiger partial charge in [-0.15, -0.1) is 0 Å². The quantitative estimate of drug-likeness (QED) is 0.694. The van der Waals surface area contributed by atoms with E-state index in [1.54, 1.807) is 6.08 Å². The van der Waals surface area contributed by atoms with Crippen LogP contribution in [0.4, 0.5) is 0 Å². The van der Waals surface area contributed by atoms with Crippen LogP contribution >= 0.6 is 0 Å². The van der Waals surface area contributed by atoms with Crippen LogP contribution in [-0.4, -0.2) is 29.9 Å². The van der Waals surface area contributed by atoms with Gasteiger partial charge in [0.05, 0.1) is 11.8 Å². The number of hydrogen-bond acceptors (Lipinski definition) is 5. The van der Waals surface area contributed by atoms with Gasteiger partial charge < -0.3 is 9.47 Å². The fourth-order valence-corrected chi connectivity index (χ4v) is 5.49. The first-order chi connectivity index (χ1) is 12.9. The third-order valence-electron chi connectivity index (χ3n) is 6.94. The molecule has 0 amide bonds. The molecule has 1 saturated heterocycles. The van der Waals surface area contributed by atoms with Crippen LogP contribution in [0.3, 0.4) is 0 Å². The number of allylic oxidation sites excluding steroid dienone is 1. The summed E-state index contributed by atoms with van der Waals surface area (Å²) in [5.41, 5.74) is 2.63. The van der Waals surface area contributed by atoms with Crippen molar-refractivity contribution in [2.24, 2.45) is 23.7 Å². The molecule has 1 saturated carbocycles. The zero-order valence-corrected chi connectivity index (χ0v) is 16.3. The summed E-state index contributed by atoms with van der Waals surface area (Å²) in [6, 6.07) is 0. The summed E-state index contributed by atoms with van der Waals surface area (Å²) in [4.78, 5) is 37.7. The highest BCUT2D eigenvalue weighted by Crippen LogP contribution is 2.48. The summed E-state index contributed by atoms with van der Waals surface area (Å²) in [5, 5.41) is 0. The monoisotopic (exact) mass is 372 g/mol. The minimum Gasteiger partial charge on any atom is -0.461 e. The van der Waals surface area contributed by atoms with Gasteiger partial charge in [-0.05, 0) is 32.8 Å². The van der Waals surface area contributed by atoms with E-state index in [0.29, 0.717) is 6.42 Å². The molecule has 4 rings (SSSR count). The fourth-order valence-electron chi connectivity index (χ4n) is 5.49. The van der Waals surface area contributed by atoms with Crippen molar-refractivity contribution in [2.75, 3.05) is 0 Å². The second-order valence-electron chi connectivity index (χ2n) is 8.71. The number of fused-ring (bicyclic) bond motifs is 3. The Hall–Kier alpha value is -1.91. The lowest BCUT2D eigenvalue weighted by molar-refractivity contribution is -0.159. The average molecular weight is 372 g/mol. The molecule has 0 radical (unpaired) electrons. The Morgan fingerprint density at radius 2 is 1.85 bits per heavy atom. The highest BCUT2D eigenvalue weighted by molar-refractivity contribution is 6.09. The SMILES string of the molecule is CC1=CC(=O)C2=C(C)CC(OC(=O)C3CCCCC3)C3C(C)C(=O)OC3C12. The molecule has 5 heteroatoms. The van der Waals surface area contributed by atoms with Crippen molar-refractivity contribution in [1.82, 2.24) is 0 Å². The van der Waals surface area contributed by atoms with E-state index in [1.807, 2.05) is 20.8 Å². The molecule has 146 valence electrons. The highest BCUT2D eigenvalue weighted by atomic mass is 16.6. The molecule has 0 N–H and O–H groups in total. The highest BCUT2D eigenvalue weighted by Gasteiger charge is 2.55. The van der Waals surface area contributed by atoms with E-state index in [-0.39, 0.29) is 41.4 Å². The minimum atomic E-state index is -0.424. The van der Waals surface area contributed by atoms with Crippen LogP contribution in [-0.2, 0) is 23.9 Å². The van der Waals surface area contributed by atoms with Crippen molar-refractivity contribution in [1.29, 1.82) is 0 Å². The second kappa shape index (κ2) is 6.92. The first-order valence-electron chi connectivity index (χ1n) is 10.2. The van der Waals surface area contributed by atoms with Crippen LogP contribution in [0, 0.1) is 23.7 Å². The molecule has 0 aromatic rings. The summed E-state index contributed by atoms with van der Waals surface area (Å²) >= 11 is 0. The number of esters is 2. The molecule has 0 aromatic heterocycles. The van der Waals surface area contributed by atoms with Crippen LogP contribution in [0.25, 0.3) is 0 Å². The molecule has 3 aliphatic carbocycles. The van der Waals surface area contributed by atoms with E-state index in [4.69, 9.17) is 9.47 Å². The van der Waals surface area contributed by atoms with Gasteiger partial charge in [0.25, 0.3) is 0 Å². The van der Waals surface area contributed by atoms with Gasteiger partial charge in [0, 0.05) is 23.8 Å². The predicted octanol–water partition coefficient (Wildman–Crippen LogP) is 3.52. The zero-order chi connectivity index (χ0) is 19.3. The Balaban J connectivity index is 1.65. The van der Waals surface area contributed by atoms with Crippen LogP contribution in [0.1, 0.15) is 59.3 Å². The lowest BCUT2D eigenvalue weighted by Gasteiger charge is -2.31. The van der Waals surface area contributed by atoms with Crippen LogP contribution < -0.4 is 0 Å². The third-order valence-corrected chi connectivity index (χ3v) is 6.94. The van der Waals surface area contributed by atoms with Crippen molar-refractivity contribution >= 4 is 17.7 Å². The maximum atomic E-state index is 12.8. The van der Waals surface area contributed by atoms with Gasteiger partial charge in [0.2, 0.25) is 0 Å². The molecule has 5 unspecified atom stereocenters. The molecular weight excluding hydrogens is 344 g/mol. The molecule has 1 heterocycles. The van der Waals surface area contributed by atoms with Crippen molar-refractivity contribution in [3.63, 3.8) is 0 Å². The summed E-state index contributed by atoms with van der Waals surface area (Å²) in [6.45, 7) is 5.72. The number of hydrogen-bond donors (Lipinski definition) is 0. The molecule has 2 fully saturated rings. The Morgan fingerprint density at radius 1 is 1.15 bits per heavy atom. The molecule has 0 spiro atoms. The second-order valence-corrected chi connectivity index (χ2v) is 8.71. The number of carbonyl (C=O) groups is 3. The zero-order valence-electron chi connectivity index (χ0n) is 16.3. The van der Waals surface area contributed by atoms with Crippen molar-refractivity contribution in [2.45, 2.75) is 71.5 Å². The molecular formula is C22H28O5. The molecule has 1 aliphatic heterocycles. The number of carbonyl (C=O) groups excluding carboxylic acids is 3. The largest absolute Gasteiger partial charge is 0.461 e. The lowest BCUT2D eigenvalue weighted by atomic mass is 9.79. The van der Waals surface area contributed by atoms with Crippen LogP contribution in [0.2, 0.25) is 0 Å². The van der Waals surface area contributed by atoms with E-state index in [9.17, 15) is 14.4 Å². The summed E-state index contributed by atoms with van der Waals surface area (Å²) in [5.74, 6) is -1.18. The maximum Gasteiger partial charge on any atom is 0.309 e. The number of ether oxygens (including phenoxy) is 2. The van der Waals surface area contributed by atoms with Gasteiger partial charge in [-0.3, -0.25) is 14.4 Å². The molecule has 5 atom stereocenters. The van der Waals surface area contributed by atoms with Crippen molar-refractivity contribution in [3.8, 4) is 0 Å². The number of rotatable bonds is 2. The normalized spacial score (nSPS) is 36.7. The molecule has 0 bridgehead atoms. The first-order valence-corrected chi connectivity index (χ1v) is 10.2. The summed E-state index contributed by atoms with van der Waals surface area (Å²) in [6.07, 6.45) is 6.40. The van der Waals surface area contributed by atoms with Gasteiger partial charge in [0.1, 0.15) is 12.2 Å². The minimum absolute atomic E-state index is 0.00334. The van der Waals surface area contributed by atoms with Gasteiger partial charge in [0.15, 0.2) is 5.78 Å². The molecule has 4 aliphatic rings. The molecule has 5 nitrogen and oxygen atoms in total. The first kappa shape index (κ1) is 18.5. The van der Waals surface area contributed by atoms with E-state index in [0.717, 1.165) is 42.4 Å². The van der Waals surface area contributed by atoms with Crippen molar-refractivity contribution in [3.05, 3.63) is 22.8 Å². The predicted molar refractivity (Wildman–Crippen MR) is 98.6 cm³/mol. The standard InChI is InChI=1S/C22H28O5/c1-11-9-15(23)17-12(2)10-16(26-22(25)14-7-5-4-6-8-14)19-13(3)21(24)27-20(19)18(11)17/h9,13-14,16,18-20H,4-8,10H2,1-3H3. The van der Waals surface area contributed by atoms with Gasteiger partial charge in [-0.25, -0.2) is 0 Å². The molecule has 27 heavy (non-hydrogen) atoms. The Labute approximate surface area is 160 Å². The fraction of sp³-hybridized carbons (Fsp3) is 0.682. The Bertz CT molecular complexity index is 740. The van der Waals surface area contributed by atoms with E-state index in [1.165, 1.54) is 6.42 Å². The van der Waals surface area contributed by atoms with E-state index < -0.39 is 12.2 Å². The number of ketones is 1. The smallest absolute Gasteiger partial charge is 0.309 e. The van der Waals surface area contributed by atoms with Gasteiger partial charge in [-0.2, -0.15) is 0 Å². The third kappa shape index (κ3) is 3.05. The summed E-state index contributed by atoms with van der Waals surface area (Å²) in [7, 11) is 0. The summed E-state index contributed by atoms with van der Waals surface area (Å²) < 4.78 is 11.8. The molecule has 0 aromatic carbocycles. The average Bonchev–Trinajstić information content (AvgIpc) is 3.05. The topological polar surface area (TPSA) is 69.7 Å².